The van der Waals surface area contributed by atoms with Gasteiger partial charge in [-0.05, 0) is 30.7 Å². The van der Waals surface area contributed by atoms with E-state index in [0.29, 0.717) is 17.0 Å². The number of non-ortho nitro benzene ring substituents is 1. The highest BCUT2D eigenvalue weighted by Crippen LogP contribution is 2.12. The molecule has 0 spiro atoms. The third kappa shape index (κ3) is 3.05. The molecule has 0 fully saturated rings. The molecule has 1 aromatic carbocycles. The first kappa shape index (κ1) is 13.4. The predicted molar refractivity (Wildman–Crippen MR) is 71.4 cm³/mol. The van der Waals surface area contributed by atoms with Crippen LogP contribution in [0, 0.1) is 10.1 Å². The molecule has 0 aliphatic heterocycles. The molecule has 1 heterocycles. The number of nitro groups is 1. The number of nitro benzene ring substituents is 1. The van der Waals surface area contributed by atoms with Crippen LogP contribution in [0.25, 0.3) is 0 Å². The molecule has 8 heteroatoms. The molecule has 2 N–H and O–H groups in total. The standard InChI is InChI=1S/C12H11N5O3/c1-8(9-2-4-10(5-3-9)17(19)20)14-16-12(18)11-6-7-13-15-11/h2-7H,1H3,(H,13,15)(H,16,18)/b14-8+. The van der Waals surface area contributed by atoms with Crippen molar-refractivity contribution in [3.8, 4) is 0 Å². The van der Waals surface area contributed by atoms with E-state index in [1.165, 1.54) is 24.4 Å². The molecule has 0 saturated heterocycles. The van der Waals surface area contributed by atoms with Crippen LogP contribution in [-0.2, 0) is 0 Å². The normalized spacial score (nSPS) is 11.2. The number of H-pyrrole nitrogens is 1. The van der Waals surface area contributed by atoms with E-state index < -0.39 is 10.8 Å². The van der Waals surface area contributed by atoms with E-state index in [2.05, 4.69) is 20.7 Å². The zero-order valence-electron chi connectivity index (χ0n) is 10.5. The molecular formula is C12H11N5O3. The van der Waals surface area contributed by atoms with Gasteiger partial charge in [0.1, 0.15) is 5.69 Å². The van der Waals surface area contributed by atoms with Crippen molar-refractivity contribution in [1.82, 2.24) is 15.6 Å². The van der Waals surface area contributed by atoms with Crippen LogP contribution in [0.15, 0.2) is 41.6 Å². The summed E-state index contributed by atoms with van der Waals surface area (Å²) < 4.78 is 0. The number of amides is 1. The zero-order valence-corrected chi connectivity index (χ0v) is 10.5. The number of rotatable bonds is 4. The molecule has 0 aliphatic rings. The zero-order chi connectivity index (χ0) is 14.5. The maximum Gasteiger partial charge on any atom is 0.289 e. The van der Waals surface area contributed by atoms with Crippen LogP contribution in [0.5, 0.6) is 0 Å². The highest BCUT2D eigenvalue weighted by Gasteiger charge is 2.07. The summed E-state index contributed by atoms with van der Waals surface area (Å²) in [4.78, 5) is 21.7. The van der Waals surface area contributed by atoms with Crippen LogP contribution < -0.4 is 5.43 Å². The molecule has 0 bridgehead atoms. The lowest BCUT2D eigenvalue weighted by Crippen LogP contribution is -2.19. The fourth-order valence-electron chi connectivity index (χ4n) is 1.47. The second-order valence-electron chi connectivity index (χ2n) is 3.91. The lowest BCUT2D eigenvalue weighted by molar-refractivity contribution is -0.384. The molecule has 0 saturated carbocycles. The van der Waals surface area contributed by atoms with Gasteiger partial charge in [-0.3, -0.25) is 20.0 Å². The molecule has 0 unspecified atom stereocenters. The fraction of sp³-hybridized carbons (Fsp3) is 0.0833. The number of aromatic amines is 1. The Bertz CT molecular complexity index is 646. The summed E-state index contributed by atoms with van der Waals surface area (Å²) in [6, 6.07) is 7.42. The average molecular weight is 273 g/mol. The number of carbonyl (C=O) groups excluding carboxylic acids is 1. The Morgan fingerprint density at radius 3 is 2.60 bits per heavy atom. The summed E-state index contributed by atoms with van der Waals surface area (Å²) in [7, 11) is 0. The van der Waals surface area contributed by atoms with E-state index in [1.807, 2.05) is 0 Å². The van der Waals surface area contributed by atoms with Crippen molar-refractivity contribution in [3.05, 3.63) is 57.9 Å². The fourth-order valence-corrected chi connectivity index (χ4v) is 1.47. The number of nitrogens with zero attached hydrogens (tertiary/aromatic N) is 3. The number of hydrogen-bond acceptors (Lipinski definition) is 5. The smallest absolute Gasteiger partial charge is 0.273 e. The first-order valence-corrected chi connectivity index (χ1v) is 5.67. The van der Waals surface area contributed by atoms with Gasteiger partial charge in [0.15, 0.2) is 0 Å². The van der Waals surface area contributed by atoms with Gasteiger partial charge in [0.25, 0.3) is 11.6 Å². The summed E-state index contributed by atoms with van der Waals surface area (Å²) in [6.45, 7) is 1.69. The molecule has 0 atom stereocenters. The molecule has 102 valence electrons. The third-order valence-electron chi connectivity index (χ3n) is 2.57. The highest BCUT2D eigenvalue weighted by molar-refractivity contribution is 6.00. The Labute approximate surface area is 113 Å². The second-order valence-corrected chi connectivity index (χ2v) is 3.91. The third-order valence-corrected chi connectivity index (χ3v) is 2.57. The van der Waals surface area contributed by atoms with Crippen molar-refractivity contribution in [2.45, 2.75) is 6.92 Å². The number of carbonyl (C=O) groups is 1. The highest BCUT2D eigenvalue weighted by atomic mass is 16.6. The molecule has 2 aromatic rings. The maximum absolute atomic E-state index is 11.6. The van der Waals surface area contributed by atoms with Gasteiger partial charge >= 0.3 is 0 Å². The maximum atomic E-state index is 11.6. The summed E-state index contributed by atoms with van der Waals surface area (Å²) in [5, 5.41) is 20.6. The summed E-state index contributed by atoms with van der Waals surface area (Å²) in [6.07, 6.45) is 1.46. The molecule has 20 heavy (non-hydrogen) atoms. The van der Waals surface area contributed by atoms with E-state index >= 15 is 0 Å². The topological polar surface area (TPSA) is 113 Å². The van der Waals surface area contributed by atoms with Crippen LogP contribution in [0.4, 0.5) is 5.69 Å². The lowest BCUT2D eigenvalue weighted by atomic mass is 10.1. The lowest BCUT2D eigenvalue weighted by Gasteiger charge is -2.01. The number of aromatic nitrogens is 2. The predicted octanol–water partition coefficient (Wildman–Crippen LogP) is 1.47. The van der Waals surface area contributed by atoms with E-state index in [-0.39, 0.29) is 5.69 Å². The molecule has 0 radical (unpaired) electrons. The summed E-state index contributed by atoms with van der Waals surface area (Å²) in [5.74, 6) is -0.413. The van der Waals surface area contributed by atoms with Gasteiger partial charge in [-0.1, -0.05) is 0 Å². The van der Waals surface area contributed by atoms with E-state index in [1.54, 1.807) is 19.1 Å². The van der Waals surface area contributed by atoms with Crippen molar-refractivity contribution in [1.29, 1.82) is 0 Å². The summed E-state index contributed by atoms with van der Waals surface area (Å²) in [5.41, 5.74) is 3.88. The molecule has 1 amide bonds. The number of hydrazone groups is 1. The van der Waals surface area contributed by atoms with Crippen LogP contribution >= 0.6 is 0 Å². The monoisotopic (exact) mass is 273 g/mol. The van der Waals surface area contributed by atoms with Gasteiger partial charge in [0.05, 0.1) is 10.6 Å². The number of nitrogens with one attached hydrogen (secondary N) is 2. The van der Waals surface area contributed by atoms with Gasteiger partial charge in [0.2, 0.25) is 0 Å². The van der Waals surface area contributed by atoms with Crippen LogP contribution in [0.2, 0.25) is 0 Å². The van der Waals surface area contributed by atoms with Crippen molar-refractivity contribution in [3.63, 3.8) is 0 Å². The van der Waals surface area contributed by atoms with Crippen LogP contribution in [-0.4, -0.2) is 26.7 Å². The Hall–Kier alpha value is -3.03. The Morgan fingerprint density at radius 2 is 2.05 bits per heavy atom. The summed E-state index contributed by atoms with van der Waals surface area (Å²) >= 11 is 0. The van der Waals surface area contributed by atoms with Crippen molar-refractivity contribution >= 4 is 17.3 Å². The van der Waals surface area contributed by atoms with Crippen molar-refractivity contribution in [2.24, 2.45) is 5.10 Å². The van der Waals surface area contributed by atoms with E-state index in [9.17, 15) is 14.9 Å². The Kier molecular flexibility index (Phi) is 3.85. The second kappa shape index (κ2) is 5.74. The Morgan fingerprint density at radius 1 is 1.35 bits per heavy atom. The van der Waals surface area contributed by atoms with Gasteiger partial charge in [-0.15, -0.1) is 0 Å². The molecule has 2 rings (SSSR count). The first-order chi connectivity index (χ1) is 9.58. The largest absolute Gasteiger partial charge is 0.289 e. The first-order valence-electron chi connectivity index (χ1n) is 5.67. The number of hydrogen-bond donors (Lipinski definition) is 2. The number of benzene rings is 1. The van der Waals surface area contributed by atoms with Gasteiger partial charge in [-0.2, -0.15) is 10.2 Å². The average Bonchev–Trinajstić information content (AvgIpc) is 2.98. The van der Waals surface area contributed by atoms with Crippen LogP contribution in [0.3, 0.4) is 0 Å². The minimum Gasteiger partial charge on any atom is -0.273 e. The molecular weight excluding hydrogens is 262 g/mol. The molecule has 0 aliphatic carbocycles. The minimum absolute atomic E-state index is 0.00282. The Balaban J connectivity index is 2.06. The molecule has 1 aromatic heterocycles. The minimum atomic E-state index is -0.476. The van der Waals surface area contributed by atoms with Gasteiger partial charge < -0.3 is 0 Å². The van der Waals surface area contributed by atoms with E-state index in [4.69, 9.17) is 0 Å². The SMILES string of the molecule is C/C(=N\NC(=O)c1ccn[nH]1)c1ccc([N+](=O)[O-])cc1. The van der Waals surface area contributed by atoms with Crippen molar-refractivity contribution < 1.29 is 9.72 Å². The van der Waals surface area contributed by atoms with Crippen LogP contribution in [0.1, 0.15) is 23.0 Å². The quantitative estimate of drug-likeness (QED) is 0.498. The van der Waals surface area contributed by atoms with Gasteiger partial charge in [-0.25, -0.2) is 5.43 Å². The van der Waals surface area contributed by atoms with Gasteiger partial charge in [0, 0.05) is 18.3 Å². The van der Waals surface area contributed by atoms with E-state index in [0.717, 1.165) is 0 Å². The molecule has 8 nitrogen and oxygen atoms in total. The van der Waals surface area contributed by atoms with Crippen molar-refractivity contribution in [2.75, 3.05) is 0 Å².